The Bertz CT molecular complexity index is 2740. The second-order valence-corrected chi connectivity index (χ2v) is 16.2. The highest BCUT2D eigenvalue weighted by molar-refractivity contribution is 6.34. The topological polar surface area (TPSA) is 200 Å². The quantitative estimate of drug-likeness (QED) is 0.0484. The van der Waals surface area contributed by atoms with Crippen molar-refractivity contribution in [2.24, 2.45) is 20.5 Å². The Balaban J connectivity index is 1.28. The van der Waals surface area contributed by atoms with Crippen LogP contribution in [0.1, 0.15) is 56.8 Å². The van der Waals surface area contributed by atoms with Gasteiger partial charge < -0.3 is 21.3 Å². The van der Waals surface area contributed by atoms with E-state index in [2.05, 4.69) is 41.7 Å². The van der Waals surface area contributed by atoms with Crippen LogP contribution in [0, 0.1) is 13.8 Å². The Morgan fingerprint density at radius 2 is 0.838 bits per heavy atom. The van der Waals surface area contributed by atoms with Crippen molar-refractivity contribution in [2.75, 3.05) is 21.3 Å². The number of ketones is 2. The first-order chi connectivity index (χ1) is 31.7. The molecule has 68 heavy (non-hydrogen) atoms. The molecule has 0 bridgehead atoms. The molecular weight excluding hydrogens is 992 g/mol. The predicted octanol–water partition coefficient (Wildman–Crippen LogP) is 12.8. The van der Waals surface area contributed by atoms with Crippen LogP contribution in [-0.4, -0.2) is 47.3 Å². The first-order valence-corrected chi connectivity index (χ1v) is 20.8. The van der Waals surface area contributed by atoms with Gasteiger partial charge in [0.25, 0.3) is 23.6 Å². The number of anilines is 4. The van der Waals surface area contributed by atoms with E-state index in [0.29, 0.717) is 23.3 Å². The Hall–Kier alpha value is -6.74. The molecule has 24 heteroatoms. The van der Waals surface area contributed by atoms with E-state index in [0.717, 1.165) is 50.2 Å². The van der Waals surface area contributed by atoms with Gasteiger partial charge in [-0.3, -0.25) is 28.8 Å². The van der Waals surface area contributed by atoms with Crippen LogP contribution in [0.25, 0.3) is 0 Å². The number of carbonyl (C=O) groups is 6. The van der Waals surface area contributed by atoms with Crippen molar-refractivity contribution < 1.29 is 55.1 Å². The third-order valence-electron chi connectivity index (χ3n) is 9.40. The summed E-state index contributed by atoms with van der Waals surface area (Å²) in [6.45, 7) is 5.19. The molecule has 0 aliphatic heterocycles. The minimum atomic E-state index is -4.85. The molecule has 5 rings (SSSR count). The second kappa shape index (κ2) is 21.5. The number of benzene rings is 5. The van der Waals surface area contributed by atoms with Gasteiger partial charge in [0.1, 0.15) is 11.4 Å². The average Bonchev–Trinajstić information content (AvgIpc) is 3.24. The molecule has 0 aliphatic rings. The molecule has 0 fully saturated rings. The lowest BCUT2D eigenvalue weighted by molar-refractivity contribution is -0.137. The van der Waals surface area contributed by atoms with E-state index in [1.807, 2.05) is 0 Å². The third kappa shape index (κ3) is 13.2. The summed E-state index contributed by atoms with van der Waals surface area (Å²) in [7, 11) is 0. The van der Waals surface area contributed by atoms with Crippen LogP contribution in [0.2, 0.25) is 20.1 Å². The maximum Gasteiger partial charge on any atom is 0.418 e. The molecule has 0 saturated heterocycles. The van der Waals surface area contributed by atoms with Crippen molar-refractivity contribution in [3.8, 4) is 0 Å². The average molecular weight is 1020 g/mol. The smallest absolute Gasteiger partial charge is 0.324 e. The zero-order valence-corrected chi connectivity index (χ0v) is 38.3. The summed E-state index contributed by atoms with van der Waals surface area (Å²) in [4.78, 5) is 77.9. The zero-order valence-electron chi connectivity index (χ0n) is 35.3. The summed E-state index contributed by atoms with van der Waals surface area (Å²) < 4.78 is 81.6. The number of aryl methyl sites for hydroxylation is 2. The molecule has 0 aliphatic carbocycles. The molecule has 0 aromatic heterocycles. The molecule has 14 nitrogen and oxygen atoms in total. The van der Waals surface area contributed by atoms with Crippen LogP contribution in [0.4, 0.5) is 60.5 Å². The monoisotopic (exact) mass is 1020 g/mol. The molecule has 2 atom stereocenters. The van der Waals surface area contributed by atoms with Crippen molar-refractivity contribution >= 4 is 116 Å². The molecule has 5 aromatic carbocycles. The number of azo groups is 2. The number of hydrogen-bond donors (Lipinski definition) is 4. The lowest BCUT2D eigenvalue weighted by atomic mass is 10.1. The maximum absolute atomic E-state index is 13.6. The molecular formula is C44H32Cl4F6N8O6. The van der Waals surface area contributed by atoms with Gasteiger partial charge in [-0.2, -0.15) is 46.8 Å². The largest absolute Gasteiger partial charge is 0.418 e. The predicted molar refractivity (Wildman–Crippen MR) is 243 cm³/mol. The highest BCUT2D eigenvalue weighted by Gasteiger charge is 2.36. The summed E-state index contributed by atoms with van der Waals surface area (Å²) in [6, 6.07) is 11.9. The normalized spacial score (nSPS) is 12.7. The van der Waals surface area contributed by atoms with E-state index in [1.165, 1.54) is 50.2 Å². The molecule has 0 spiro atoms. The molecule has 4 amide bonds. The maximum atomic E-state index is 13.6. The van der Waals surface area contributed by atoms with Crippen molar-refractivity contribution in [1.29, 1.82) is 0 Å². The van der Waals surface area contributed by atoms with E-state index in [1.54, 1.807) is 0 Å². The van der Waals surface area contributed by atoms with Crippen LogP contribution in [0.5, 0.6) is 0 Å². The number of carbonyl (C=O) groups excluding carboxylic acids is 6. The number of hydrogen-bond acceptors (Lipinski definition) is 10. The van der Waals surface area contributed by atoms with Crippen LogP contribution in [0.3, 0.4) is 0 Å². The van der Waals surface area contributed by atoms with Crippen molar-refractivity contribution in [3.05, 3.63) is 138 Å². The Morgan fingerprint density at radius 1 is 0.485 bits per heavy atom. The summed E-state index contributed by atoms with van der Waals surface area (Å²) in [5.41, 5.74) is -3.34. The Labute approximate surface area is 401 Å². The highest BCUT2D eigenvalue weighted by atomic mass is 35.5. The van der Waals surface area contributed by atoms with Crippen LogP contribution in [0.15, 0.2) is 105 Å². The Kier molecular flexibility index (Phi) is 16.5. The number of amides is 4. The standard InChI is InChI=1S/C44H32Cl4F6N8O6/c1-19-13-34(58-42(68)38(22(4)64)62-60-36-16-24(6-10-30(36)48)40(66)56-32-12-8-26(46)18-28(32)44(52,53)54)20(2)14-33(19)57-41(67)37(21(3)63)61-59-35-15-23(5-9-29(35)47)39(65)55-31-11-7-25(45)17-27(31)43(49,50)51/h5-18,37-38H,1-4H3,(H,55,65)(H,56,66)(H,57,67)(H,58,68). The van der Waals surface area contributed by atoms with E-state index in [9.17, 15) is 55.1 Å². The van der Waals surface area contributed by atoms with Gasteiger partial charge in [-0.25, -0.2) is 0 Å². The molecule has 4 N–H and O–H groups in total. The lowest BCUT2D eigenvalue weighted by Crippen LogP contribution is -2.32. The van der Waals surface area contributed by atoms with Gasteiger partial charge >= 0.3 is 12.4 Å². The lowest BCUT2D eigenvalue weighted by Gasteiger charge is -2.16. The summed E-state index contributed by atoms with van der Waals surface area (Å²) in [6.07, 6.45) is -9.69. The van der Waals surface area contributed by atoms with E-state index < -0.39 is 82.1 Å². The van der Waals surface area contributed by atoms with Gasteiger partial charge in [-0.05, 0) is 124 Å². The number of rotatable bonds is 14. The van der Waals surface area contributed by atoms with Gasteiger partial charge in [0.2, 0.25) is 12.1 Å². The number of nitrogens with zero attached hydrogens (tertiary/aromatic N) is 4. The van der Waals surface area contributed by atoms with Gasteiger partial charge in [-0.1, -0.05) is 46.4 Å². The SMILES string of the molecule is CC(=O)C(N=Nc1cc(C(=O)Nc2ccc(Cl)cc2C(F)(F)F)ccc1Cl)C(=O)Nc1cc(C)c(NC(=O)C(N=Nc2cc(C(=O)Nc3ccc(Cl)cc3C(F)(F)F)ccc2Cl)C(C)=O)cc1C. The summed E-state index contributed by atoms with van der Waals surface area (Å²) in [5.74, 6) is -5.42. The van der Waals surface area contributed by atoms with Crippen molar-refractivity contribution in [1.82, 2.24) is 0 Å². The van der Waals surface area contributed by atoms with E-state index in [-0.39, 0.29) is 54.0 Å². The highest BCUT2D eigenvalue weighted by Crippen LogP contribution is 2.39. The van der Waals surface area contributed by atoms with Crippen LogP contribution in [-0.2, 0) is 31.5 Å². The molecule has 2 unspecified atom stereocenters. The molecule has 5 aromatic rings. The van der Waals surface area contributed by atoms with E-state index >= 15 is 0 Å². The zero-order chi connectivity index (χ0) is 50.4. The second-order valence-electron chi connectivity index (χ2n) is 14.5. The Morgan fingerprint density at radius 3 is 1.16 bits per heavy atom. The number of halogens is 10. The van der Waals surface area contributed by atoms with Crippen LogP contribution < -0.4 is 21.3 Å². The fourth-order valence-corrected chi connectivity index (χ4v) is 6.59. The fourth-order valence-electron chi connectivity index (χ4n) is 5.93. The van der Waals surface area contributed by atoms with Crippen LogP contribution >= 0.6 is 46.4 Å². The summed E-state index contributed by atoms with van der Waals surface area (Å²) in [5, 5.41) is 24.3. The van der Waals surface area contributed by atoms with Gasteiger partial charge in [0.05, 0.1) is 32.5 Å². The molecule has 0 saturated carbocycles. The first-order valence-electron chi connectivity index (χ1n) is 19.2. The minimum Gasteiger partial charge on any atom is -0.324 e. The van der Waals surface area contributed by atoms with Gasteiger partial charge in [-0.15, -0.1) is 0 Å². The van der Waals surface area contributed by atoms with Crippen molar-refractivity contribution in [2.45, 2.75) is 52.1 Å². The van der Waals surface area contributed by atoms with Crippen molar-refractivity contribution in [3.63, 3.8) is 0 Å². The van der Waals surface area contributed by atoms with Gasteiger partial charge in [0.15, 0.2) is 11.6 Å². The molecule has 0 heterocycles. The first kappa shape index (κ1) is 52.2. The number of Topliss-reactive ketones (excluding diaryl/α,β-unsaturated/α-hetero) is 2. The van der Waals surface area contributed by atoms with E-state index in [4.69, 9.17) is 46.4 Å². The minimum absolute atomic E-state index is 0.0880. The third-order valence-corrected chi connectivity index (χ3v) is 10.5. The van der Waals surface area contributed by atoms with Gasteiger partial charge in [0, 0.05) is 32.5 Å². The number of nitrogens with one attached hydrogen (secondary N) is 4. The molecule has 354 valence electrons. The molecule has 0 radical (unpaired) electrons. The fraction of sp³-hybridized carbons (Fsp3) is 0.182. The number of alkyl halides is 6. The summed E-state index contributed by atoms with van der Waals surface area (Å²) >= 11 is 23.9.